The average molecular weight is 249 g/mol. The molecule has 2 fully saturated rings. The first kappa shape index (κ1) is 13.4. The van der Waals surface area contributed by atoms with Gasteiger partial charge in [-0.15, -0.1) is 0 Å². The molecule has 0 aromatic heterocycles. The molecule has 2 rings (SSSR count). The van der Waals surface area contributed by atoms with Crippen LogP contribution in [0.3, 0.4) is 0 Å². The molecule has 0 bridgehead atoms. The van der Waals surface area contributed by atoms with Crippen LogP contribution < -0.4 is 0 Å². The summed E-state index contributed by atoms with van der Waals surface area (Å²) in [4.78, 5) is 16.2. The Hall–Kier alpha value is -1.08. The summed E-state index contributed by atoms with van der Waals surface area (Å²) in [5, 5.41) is 9.04. The highest BCUT2D eigenvalue weighted by atomic mass is 16.2. The van der Waals surface area contributed by atoms with Gasteiger partial charge in [-0.25, -0.2) is 0 Å². The van der Waals surface area contributed by atoms with E-state index < -0.39 is 0 Å². The maximum atomic E-state index is 12.1. The van der Waals surface area contributed by atoms with Crippen molar-refractivity contribution in [3.05, 3.63) is 0 Å². The Bertz CT molecular complexity index is 324. The molecule has 1 heterocycles. The Labute approximate surface area is 110 Å². The molecular formula is C14H23N3O. The van der Waals surface area contributed by atoms with Gasteiger partial charge in [-0.1, -0.05) is 13.3 Å². The first-order valence-corrected chi connectivity index (χ1v) is 7.16. The number of carbonyl (C=O) groups excluding carboxylic acids is 1. The van der Waals surface area contributed by atoms with Gasteiger partial charge < -0.3 is 4.90 Å². The number of nitriles is 1. The summed E-state index contributed by atoms with van der Waals surface area (Å²) < 4.78 is 0. The highest BCUT2D eigenvalue weighted by molar-refractivity contribution is 5.76. The fourth-order valence-corrected chi connectivity index (χ4v) is 2.79. The largest absolute Gasteiger partial charge is 0.340 e. The maximum absolute atomic E-state index is 12.1. The van der Waals surface area contributed by atoms with E-state index in [4.69, 9.17) is 5.26 Å². The van der Waals surface area contributed by atoms with Crippen LogP contribution in [0.1, 0.15) is 39.0 Å². The van der Waals surface area contributed by atoms with Gasteiger partial charge >= 0.3 is 0 Å². The minimum absolute atomic E-state index is 0.0221. The number of carbonyl (C=O) groups is 1. The Morgan fingerprint density at radius 2 is 2.00 bits per heavy atom. The summed E-state index contributed by atoms with van der Waals surface area (Å²) in [7, 11) is 0. The SMILES string of the molecule is CCC(C#N)N1CCN(C(=O)CC2CCC2)CC1. The Morgan fingerprint density at radius 3 is 2.44 bits per heavy atom. The van der Waals surface area contributed by atoms with Crippen molar-refractivity contribution in [1.82, 2.24) is 9.80 Å². The van der Waals surface area contributed by atoms with Gasteiger partial charge in [-0.2, -0.15) is 5.26 Å². The van der Waals surface area contributed by atoms with E-state index in [1.165, 1.54) is 19.3 Å². The van der Waals surface area contributed by atoms with Crippen molar-refractivity contribution in [3.8, 4) is 6.07 Å². The van der Waals surface area contributed by atoms with E-state index >= 15 is 0 Å². The van der Waals surface area contributed by atoms with Crippen molar-refractivity contribution < 1.29 is 4.79 Å². The van der Waals surface area contributed by atoms with Crippen LogP contribution in [0.15, 0.2) is 0 Å². The highest BCUT2D eigenvalue weighted by Crippen LogP contribution is 2.30. The molecule has 1 saturated heterocycles. The van der Waals surface area contributed by atoms with E-state index in [9.17, 15) is 4.79 Å². The van der Waals surface area contributed by atoms with E-state index in [0.29, 0.717) is 11.8 Å². The second-order valence-electron chi connectivity index (χ2n) is 5.47. The van der Waals surface area contributed by atoms with Gasteiger partial charge in [-0.3, -0.25) is 9.69 Å². The van der Waals surface area contributed by atoms with E-state index in [1.54, 1.807) is 0 Å². The molecule has 0 aromatic rings. The molecule has 1 saturated carbocycles. The van der Waals surface area contributed by atoms with Crippen molar-refractivity contribution in [2.45, 2.75) is 45.1 Å². The highest BCUT2D eigenvalue weighted by Gasteiger charge is 2.27. The quantitative estimate of drug-likeness (QED) is 0.760. The van der Waals surface area contributed by atoms with Crippen LogP contribution in [0.5, 0.6) is 0 Å². The van der Waals surface area contributed by atoms with Gasteiger partial charge in [-0.05, 0) is 25.2 Å². The van der Waals surface area contributed by atoms with Gasteiger partial charge in [0.15, 0.2) is 0 Å². The number of amides is 1. The smallest absolute Gasteiger partial charge is 0.222 e. The average Bonchev–Trinajstić information content (AvgIpc) is 2.36. The monoisotopic (exact) mass is 249 g/mol. The summed E-state index contributed by atoms with van der Waals surface area (Å²) in [5.41, 5.74) is 0. The molecule has 4 nitrogen and oxygen atoms in total. The van der Waals surface area contributed by atoms with Gasteiger partial charge in [0, 0.05) is 32.6 Å². The molecular weight excluding hydrogens is 226 g/mol. The lowest BCUT2D eigenvalue weighted by molar-refractivity contribution is -0.134. The Morgan fingerprint density at radius 1 is 1.33 bits per heavy atom. The summed E-state index contributed by atoms with van der Waals surface area (Å²) in [6, 6.07) is 2.36. The van der Waals surface area contributed by atoms with Crippen molar-refractivity contribution in [1.29, 1.82) is 5.26 Å². The molecule has 1 aliphatic heterocycles. The van der Waals surface area contributed by atoms with Crippen LogP contribution in [0.4, 0.5) is 0 Å². The van der Waals surface area contributed by atoms with Crippen molar-refractivity contribution >= 4 is 5.91 Å². The fraction of sp³-hybridized carbons (Fsp3) is 0.857. The molecule has 1 atom stereocenters. The Balaban J connectivity index is 1.75. The normalized spacial score (nSPS) is 23.2. The third kappa shape index (κ3) is 3.02. The summed E-state index contributed by atoms with van der Waals surface area (Å²) in [5.74, 6) is 0.974. The van der Waals surface area contributed by atoms with E-state index in [2.05, 4.69) is 11.0 Å². The minimum atomic E-state index is 0.0221. The second-order valence-corrected chi connectivity index (χ2v) is 5.47. The minimum Gasteiger partial charge on any atom is -0.340 e. The topological polar surface area (TPSA) is 47.3 Å². The van der Waals surface area contributed by atoms with Crippen LogP contribution in [-0.2, 0) is 4.79 Å². The van der Waals surface area contributed by atoms with Crippen molar-refractivity contribution in [2.75, 3.05) is 26.2 Å². The number of hydrogen-bond donors (Lipinski definition) is 0. The fourth-order valence-electron chi connectivity index (χ4n) is 2.79. The van der Waals surface area contributed by atoms with Crippen LogP contribution in [-0.4, -0.2) is 47.9 Å². The molecule has 1 amide bonds. The molecule has 1 unspecified atom stereocenters. The first-order chi connectivity index (χ1) is 8.74. The number of rotatable bonds is 4. The third-order valence-corrected chi connectivity index (χ3v) is 4.33. The van der Waals surface area contributed by atoms with Crippen molar-refractivity contribution in [2.24, 2.45) is 5.92 Å². The lowest BCUT2D eigenvalue weighted by atomic mass is 9.82. The predicted octanol–water partition coefficient (Wildman–Crippen LogP) is 1.62. The molecule has 0 aromatic carbocycles. The standard InChI is InChI=1S/C14H23N3O/c1-2-13(11-15)16-6-8-17(9-7-16)14(18)10-12-4-3-5-12/h12-13H,2-10H2,1H3. The predicted molar refractivity (Wildman–Crippen MR) is 69.8 cm³/mol. The number of hydrogen-bond acceptors (Lipinski definition) is 3. The zero-order valence-corrected chi connectivity index (χ0v) is 11.3. The van der Waals surface area contributed by atoms with Gasteiger partial charge in [0.2, 0.25) is 5.91 Å². The first-order valence-electron chi connectivity index (χ1n) is 7.16. The molecule has 2 aliphatic rings. The van der Waals surface area contributed by atoms with E-state index in [1.807, 2.05) is 11.8 Å². The summed E-state index contributed by atoms with van der Waals surface area (Å²) in [6.45, 7) is 5.33. The van der Waals surface area contributed by atoms with Gasteiger partial charge in [0.25, 0.3) is 0 Å². The molecule has 18 heavy (non-hydrogen) atoms. The molecule has 4 heteroatoms. The van der Waals surface area contributed by atoms with Crippen LogP contribution in [0.25, 0.3) is 0 Å². The molecule has 1 aliphatic carbocycles. The lowest BCUT2D eigenvalue weighted by Crippen LogP contribution is -2.51. The second kappa shape index (κ2) is 6.19. The summed E-state index contributed by atoms with van der Waals surface area (Å²) >= 11 is 0. The maximum Gasteiger partial charge on any atom is 0.222 e. The summed E-state index contributed by atoms with van der Waals surface area (Å²) in [6.07, 6.45) is 5.38. The van der Waals surface area contributed by atoms with Crippen LogP contribution in [0.2, 0.25) is 0 Å². The van der Waals surface area contributed by atoms with Gasteiger partial charge in [0.05, 0.1) is 12.1 Å². The lowest BCUT2D eigenvalue weighted by Gasteiger charge is -2.37. The van der Waals surface area contributed by atoms with E-state index in [-0.39, 0.29) is 6.04 Å². The number of nitrogens with zero attached hydrogens (tertiary/aromatic N) is 3. The molecule has 0 radical (unpaired) electrons. The van der Waals surface area contributed by atoms with Crippen molar-refractivity contribution in [3.63, 3.8) is 0 Å². The molecule has 100 valence electrons. The third-order valence-electron chi connectivity index (χ3n) is 4.33. The van der Waals surface area contributed by atoms with Crippen LogP contribution >= 0.6 is 0 Å². The van der Waals surface area contributed by atoms with Gasteiger partial charge in [0.1, 0.15) is 0 Å². The zero-order chi connectivity index (χ0) is 13.0. The zero-order valence-electron chi connectivity index (χ0n) is 11.3. The Kier molecular flexibility index (Phi) is 4.60. The molecule has 0 spiro atoms. The molecule has 0 N–H and O–H groups in total. The van der Waals surface area contributed by atoms with Crippen LogP contribution in [0, 0.1) is 17.2 Å². The number of piperazine rings is 1. The van der Waals surface area contributed by atoms with E-state index in [0.717, 1.165) is 39.0 Å².